The molecule has 5 heteroatoms. The molecule has 0 radical (unpaired) electrons. The number of amides is 1. The summed E-state index contributed by atoms with van der Waals surface area (Å²) in [5.74, 6) is 0.467. The van der Waals surface area contributed by atoms with E-state index in [4.69, 9.17) is 0 Å². The van der Waals surface area contributed by atoms with Crippen LogP contribution in [0.25, 0.3) is 16.6 Å². The fraction of sp³-hybridized carbons (Fsp3) is 0.348. The maximum atomic E-state index is 12.9. The van der Waals surface area contributed by atoms with Crippen molar-refractivity contribution in [2.75, 3.05) is 7.05 Å². The highest BCUT2D eigenvalue weighted by molar-refractivity contribution is 5.98. The molecule has 4 rings (SSSR count). The molecule has 2 heterocycles. The normalized spacial score (nSPS) is 11.4. The van der Waals surface area contributed by atoms with E-state index in [2.05, 4.69) is 4.98 Å². The summed E-state index contributed by atoms with van der Waals surface area (Å²) in [7, 11) is 1.72. The molecule has 3 aromatic rings. The number of benzene rings is 2. The molecule has 1 amide bonds. The average molecular weight is 382 g/mol. The van der Waals surface area contributed by atoms with Crippen LogP contribution in [-0.4, -0.2) is 27.4 Å². The summed E-state index contributed by atoms with van der Waals surface area (Å²) in [6, 6.07) is 14.4. The topological polar surface area (TPSA) is 55.2 Å². The van der Waals surface area contributed by atoms with Crippen LogP contribution in [0.4, 0.5) is 0 Å². The maximum absolute atomic E-state index is 12.9. The molecule has 0 unspecified atom stereocenters. The van der Waals surface area contributed by atoms with Crippen LogP contribution in [0.1, 0.15) is 57.7 Å². The van der Waals surface area contributed by atoms with Crippen molar-refractivity contribution in [3.05, 3.63) is 70.3 Å². The lowest BCUT2D eigenvalue weighted by Gasteiger charge is -2.14. The van der Waals surface area contributed by atoms with Gasteiger partial charge in [-0.05, 0) is 24.3 Å². The monoisotopic (exact) mass is 381 g/mol. The zero-order chi connectivity index (χ0) is 21.3. The van der Waals surface area contributed by atoms with Gasteiger partial charge in [-0.2, -0.15) is 0 Å². The number of carbonyl (C=O) groups is 1. The molecule has 2 aromatic carbocycles. The number of rotatable bonds is 0. The van der Waals surface area contributed by atoms with Crippen LogP contribution < -0.4 is 5.56 Å². The minimum atomic E-state index is -0.142. The number of nitrogens with zero attached hydrogens (tertiary/aromatic N) is 3. The largest absolute Gasteiger partial charge is 0.334 e. The minimum absolute atomic E-state index is 0.107. The summed E-state index contributed by atoms with van der Waals surface area (Å²) in [6.45, 7) is 12.3. The molecule has 0 atom stereocenters. The number of para-hydroxylation sites is 2. The van der Waals surface area contributed by atoms with Gasteiger partial charge in [-0.1, -0.05) is 65.8 Å². The first kappa shape index (κ1) is 23.1. The molecule has 5 nitrogen and oxygen atoms in total. The number of fused-ring (bicyclic) bond motifs is 4. The molecule has 0 saturated carbocycles. The van der Waals surface area contributed by atoms with E-state index in [0.717, 1.165) is 0 Å². The van der Waals surface area contributed by atoms with Gasteiger partial charge in [0, 0.05) is 7.05 Å². The third kappa shape index (κ3) is 4.30. The number of hydrogen-bond acceptors (Lipinski definition) is 3. The van der Waals surface area contributed by atoms with E-state index in [1.165, 1.54) is 0 Å². The Morgan fingerprint density at radius 3 is 2.07 bits per heavy atom. The first-order valence-corrected chi connectivity index (χ1v) is 10.0. The number of aromatic nitrogens is 2. The van der Waals surface area contributed by atoms with Gasteiger partial charge in [0.05, 0.1) is 28.7 Å². The lowest BCUT2D eigenvalue weighted by atomic mass is 10.1. The van der Waals surface area contributed by atoms with Crippen LogP contribution in [-0.2, 0) is 6.54 Å². The van der Waals surface area contributed by atoms with Crippen molar-refractivity contribution in [1.82, 2.24) is 14.5 Å². The van der Waals surface area contributed by atoms with Crippen LogP contribution in [0.3, 0.4) is 0 Å². The summed E-state index contributed by atoms with van der Waals surface area (Å²) in [5, 5.41) is 0.554. The Bertz CT molecular complexity index is 977. The van der Waals surface area contributed by atoms with E-state index in [1.54, 1.807) is 40.8 Å². The van der Waals surface area contributed by atoms with Crippen molar-refractivity contribution >= 4 is 16.8 Å². The van der Waals surface area contributed by atoms with Gasteiger partial charge in [0.2, 0.25) is 0 Å². The third-order valence-electron chi connectivity index (χ3n) is 3.95. The molecule has 0 bridgehead atoms. The fourth-order valence-corrected chi connectivity index (χ4v) is 2.87. The van der Waals surface area contributed by atoms with E-state index >= 15 is 0 Å². The summed E-state index contributed by atoms with van der Waals surface area (Å²) in [4.78, 5) is 31.6. The highest BCUT2D eigenvalue weighted by Gasteiger charge is 2.25. The third-order valence-corrected chi connectivity index (χ3v) is 3.95. The van der Waals surface area contributed by atoms with Crippen molar-refractivity contribution in [1.29, 1.82) is 0 Å². The number of hydrogen-bond donors (Lipinski definition) is 0. The Kier molecular flexibility index (Phi) is 9.09. The molecule has 1 aliphatic rings. The van der Waals surface area contributed by atoms with Crippen molar-refractivity contribution < 1.29 is 4.79 Å². The van der Waals surface area contributed by atoms with Crippen LogP contribution in [0.5, 0.6) is 0 Å². The van der Waals surface area contributed by atoms with E-state index in [-0.39, 0.29) is 11.5 Å². The van der Waals surface area contributed by atoms with Gasteiger partial charge in [0.15, 0.2) is 0 Å². The standard InChI is InChI=1S/C17H13N3O2.3C2H6/c1-19-10-15-18-13-8-4-2-6-11(13)17(22)20(15)14-9-5-3-7-12(14)16(19)21;3*1-2/h2-9H,10H2,1H3;3*1-2H3. The summed E-state index contributed by atoms with van der Waals surface area (Å²) < 4.78 is 1.55. The maximum Gasteiger partial charge on any atom is 0.266 e. The van der Waals surface area contributed by atoms with Crippen LogP contribution in [0.15, 0.2) is 53.3 Å². The second kappa shape index (κ2) is 11.0. The molecular weight excluding hydrogens is 350 g/mol. The minimum Gasteiger partial charge on any atom is -0.334 e. The van der Waals surface area contributed by atoms with Crippen LogP contribution in [0, 0.1) is 0 Å². The molecule has 0 saturated heterocycles. The molecular formula is C23H31N3O2. The predicted molar refractivity (Wildman–Crippen MR) is 117 cm³/mol. The SMILES string of the molecule is CC.CC.CC.CN1Cc2nc3ccccc3c(=O)n2-c2ccccc2C1=O. The Morgan fingerprint density at radius 2 is 1.39 bits per heavy atom. The smallest absolute Gasteiger partial charge is 0.266 e. The van der Waals surface area contributed by atoms with Gasteiger partial charge in [0.25, 0.3) is 11.5 Å². The van der Waals surface area contributed by atoms with Gasteiger partial charge in [-0.15, -0.1) is 0 Å². The van der Waals surface area contributed by atoms with Crippen LogP contribution >= 0.6 is 0 Å². The van der Waals surface area contributed by atoms with Crippen molar-refractivity contribution in [3.8, 4) is 5.69 Å². The van der Waals surface area contributed by atoms with E-state index < -0.39 is 0 Å². The highest BCUT2D eigenvalue weighted by Crippen LogP contribution is 2.22. The van der Waals surface area contributed by atoms with Crippen molar-refractivity contribution in [2.24, 2.45) is 0 Å². The predicted octanol–water partition coefficient (Wildman–Crippen LogP) is 5.05. The average Bonchev–Trinajstić information content (AvgIpc) is 2.87. The van der Waals surface area contributed by atoms with Crippen molar-refractivity contribution in [2.45, 2.75) is 48.1 Å². The molecule has 1 aromatic heterocycles. The summed E-state index contributed by atoms with van der Waals surface area (Å²) >= 11 is 0. The zero-order valence-electron chi connectivity index (χ0n) is 18.0. The zero-order valence-corrected chi connectivity index (χ0v) is 18.0. The Hall–Kier alpha value is -2.95. The number of carbonyl (C=O) groups excluding carboxylic acids is 1. The summed E-state index contributed by atoms with van der Waals surface area (Å²) in [5.41, 5.74) is 1.62. The van der Waals surface area contributed by atoms with Gasteiger partial charge < -0.3 is 4.90 Å². The lowest BCUT2D eigenvalue weighted by molar-refractivity contribution is 0.0786. The van der Waals surface area contributed by atoms with Crippen LogP contribution in [0.2, 0.25) is 0 Å². The van der Waals surface area contributed by atoms with Crippen molar-refractivity contribution in [3.63, 3.8) is 0 Å². The van der Waals surface area contributed by atoms with Gasteiger partial charge in [0.1, 0.15) is 5.82 Å². The fourth-order valence-electron chi connectivity index (χ4n) is 2.87. The van der Waals surface area contributed by atoms with Gasteiger partial charge in [-0.3, -0.25) is 14.2 Å². The first-order chi connectivity index (χ1) is 13.7. The molecule has 1 aliphatic heterocycles. The van der Waals surface area contributed by atoms with Gasteiger partial charge in [-0.25, -0.2) is 4.98 Å². The van der Waals surface area contributed by atoms with E-state index in [1.807, 2.05) is 65.8 Å². The molecule has 28 heavy (non-hydrogen) atoms. The quantitative estimate of drug-likeness (QED) is 0.547. The molecule has 150 valence electrons. The van der Waals surface area contributed by atoms with E-state index in [0.29, 0.717) is 34.5 Å². The highest BCUT2D eigenvalue weighted by atomic mass is 16.2. The summed E-state index contributed by atoms with van der Waals surface area (Å²) in [6.07, 6.45) is 0. The molecule has 0 aliphatic carbocycles. The first-order valence-electron chi connectivity index (χ1n) is 10.0. The lowest BCUT2D eigenvalue weighted by Crippen LogP contribution is -2.27. The second-order valence-corrected chi connectivity index (χ2v) is 5.36. The molecule has 0 fully saturated rings. The van der Waals surface area contributed by atoms with Gasteiger partial charge >= 0.3 is 0 Å². The van der Waals surface area contributed by atoms with E-state index in [9.17, 15) is 9.59 Å². The Labute approximate surface area is 167 Å². The second-order valence-electron chi connectivity index (χ2n) is 5.36. The Morgan fingerprint density at radius 1 is 0.821 bits per heavy atom. The molecule has 0 spiro atoms. The molecule has 0 N–H and O–H groups in total. The Balaban J connectivity index is 0.000000599.